The van der Waals surface area contributed by atoms with Crippen LogP contribution in [-0.2, 0) is 9.53 Å². The van der Waals surface area contributed by atoms with E-state index in [2.05, 4.69) is 4.98 Å². The van der Waals surface area contributed by atoms with Gasteiger partial charge in [-0.1, -0.05) is 36.4 Å². The third-order valence-corrected chi connectivity index (χ3v) is 5.04. The Morgan fingerprint density at radius 1 is 1.03 bits per heavy atom. The first kappa shape index (κ1) is 20.8. The first-order valence-electron chi connectivity index (χ1n) is 9.78. The van der Waals surface area contributed by atoms with Crippen molar-refractivity contribution in [2.75, 3.05) is 13.7 Å². The number of hydrogen-bond acceptors (Lipinski definition) is 4. The van der Waals surface area contributed by atoms with E-state index in [0.717, 1.165) is 29.3 Å². The fourth-order valence-electron chi connectivity index (χ4n) is 3.35. The minimum atomic E-state index is -0.506. The minimum absolute atomic E-state index is 0.204. The maximum absolute atomic E-state index is 14.4. The van der Waals surface area contributed by atoms with Crippen LogP contribution in [0.2, 0.25) is 0 Å². The van der Waals surface area contributed by atoms with Crippen LogP contribution in [-0.4, -0.2) is 24.7 Å². The number of aromatic nitrogens is 1. The summed E-state index contributed by atoms with van der Waals surface area (Å²) in [6, 6.07) is 16.1. The Bertz CT molecular complexity index is 1000. The number of pyridine rings is 1. The van der Waals surface area contributed by atoms with E-state index in [-0.39, 0.29) is 11.8 Å². The van der Waals surface area contributed by atoms with E-state index in [9.17, 15) is 9.18 Å². The zero-order valence-corrected chi connectivity index (χ0v) is 17.1. The molecule has 0 aliphatic carbocycles. The topological polar surface area (TPSA) is 48.4 Å². The Kier molecular flexibility index (Phi) is 6.47. The number of ether oxygens (including phenoxy) is 2. The number of fused-ring (bicyclic) bond motifs is 1. The number of carbonyl (C=O) groups excluding carboxylic acids is 1. The zero-order valence-electron chi connectivity index (χ0n) is 17.1. The van der Waals surface area contributed by atoms with E-state index < -0.39 is 5.41 Å². The predicted molar refractivity (Wildman–Crippen MR) is 112 cm³/mol. The molecule has 0 fully saturated rings. The van der Waals surface area contributed by atoms with Crippen molar-refractivity contribution >= 4 is 16.9 Å². The molecule has 0 atom stereocenters. The molecule has 0 aliphatic heterocycles. The fourth-order valence-corrected chi connectivity index (χ4v) is 3.35. The van der Waals surface area contributed by atoms with E-state index in [4.69, 9.17) is 9.47 Å². The molecule has 0 radical (unpaired) electrons. The van der Waals surface area contributed by atoms with E-state index >= 15 is 0 Å². The van der Waals surface area contributed by atoms with E-state index in [1.807, 2.05) is 44.2 Å². The summed E-state index contributed by atoms with van der Waals surface area (Å²) in [5, 5.41) is 0.879. The highest BCUT2D eigenvalue weighted by molar-refractivity contribution is 5.95. The molecule has 3 rings (SSSR count). The van der Waals surface area contributed by atoms with Gasteiger partial charge in [0.25, 0.3) is 0 Å². The van der Waals surface area contributed by atoms with E-state index in [1.54, 1.807) is 18.2 Å². The highest BCUT2D eigenvalue weighted by atomic mass is 19.1. The Morgan fingerprint density at radius 3 is 2.52 bits per heavy atom. The van der Waals surface area contributed by atoms with Crippen LogP contribution >= 0.6 is 0 Å². The molecule has 29 heavy (non-hydrogen) atoms. The van der Waals surface area contributed by atoms with Crippen molar-refractivity contribution in [3.63, 3.8) is 0 Å². The first-order valence-corrected chi connectivity index (χ1v) is 9.78. The van der Waals surface area contributed by atoms with Crippen molar-refractivity contribution in [3.8, 4) is 17.0 Å². The Morgan fingerprint density at radius 2 is 1.76 bits per heavy atom. The quantitative estimate of drug-likeness (QED) is 0.358. The van der Waals surface area contributed by atoms with E-state index in [0.29, 0.717) is 24.5 Å². The van der Waals surface area contributed by atoms with Gasteiger partial charge in [-0.25, -0.2) is 9.37 Å². The highest BCUT2D eigenvalue weighted by Crippen LogP contribution is 2.32. The number of halogens is 1. The molecule has 4 nitrogen and oxygen atoms in total. The van der Waals surface area contributed by atoms with Crippen molar-refractivity contribution in [3.05, 3.63) is 60.4 Å². The molecule has 0 saturated carbocycles. The third-order valence-electron chi connectivity index (χ3n) is 5.04. The largest absolute Gasteiger partial charge is 0.478 e. The molecule has 5 heteroatoms. The SMILES string of the molecule is COC(=O)C(C)(C)CCCCOc1cc(-c2ccccc2F)c2ccccc2n1. The van der Waals surface area contributed by atoms with Crippen LogP contribution in [0.5, 0.6) is 5.88 Å². The summed E-state index contributed by atoms with van der Waals surface area (Å²) in [6.07, 6.45) is 2.33. The molecule has 0 amide bonds. The molecular weight excluding hydrogens is 369 g/mol. The van der Waals surface area contributed by atoms with Gasteiger partial charge in [-0.3, -0.25) is 4.79 Å². The lowest BCUT2D eigenvalue weighted by Gasteiger charge is -2.21. The van der Waals surface area contributed by atoms with Gasteiger partial charge in [0.15, 0.2) is 0 Å². The second-order valence-electron chi connectivity index (χ2n) is 7.69. The number of benzene rings is 2. The lowest BCUT2D eigenvalue weighted by molar-refractivity contribution is -0.151. The van der Waals surface area contributed by atoms with Gasteiger partial charge < -0.3 is 9.47 Å². The molecule has 152 valence electrons. The number of esters is 1. The van der Waals surface area contributed by atoms with Crippen molar-refractivity contribution in [1.82, 2.24) is 4.98 Å². The molecule has 0 N–H and O–H groups in total. The smallest absolute Gasteiger partial charge is 0.311 e. The minimum Gasteiger partial charge on any atom is -0.478 e. The second-order valence-corrected chi connectivity index (χ2v) is 7.69. The Balaban J connectivity index is 1.73. The molecule has 0 saturated heterocycles. The number of methoxy groups -OCH3 is 1. The fraction of sp³-hybridized carbons (Fsp3) is 0.333. The van der Waals surface area contributed by atoms with Gasteiger partial charge in [0.2, 0.25) is 5.88 Å². The molecule has 2 aromatic carbocycles. The molecule has 1 aromatic heterocycles. The van der Waals surface area contributed by atoms with Crippen molar-refractivity contribution in [2.45, 2.75) is 33.1 Å². The van der Waals surface area contributed by atoms with Gasteiger partial charge in [0.05, 0.1) is 24.6 Å². The van der Waals surface area contributed by atoms with Crippen LogP contribution in [0.1, 0.15) is 33.1 Å². The summed E-state index contributed by atoms with van der Waals surface area (Å²) < 4.78 is 25.1. The number of hydrogen-bond donors (Lipinski definition) is 0. The molecule has 0 unspecified atom stereocenters. The number of nitrogens with zero attached hydrogens (tertiary/aromatic N) is 1. The van der Waals surface area contributed by atoms with Crippen LogP contribution in [0.3, 0.4) is 0 Å². The van der Waals surface area contributed by atoms with Crippen molar-refractivity contribution in [2.24, 2.45) is 5.41 Å². The Hall–Kier alpha value is -2.95. The Labute approximate surface area is 170 Å². The zero-order chi connectivity index (χ0) is 20.9. The van der Waals surface area contributed by atoms with Gasteiger partial charge in [0.1, 0.15) is 5.82 Å². The molecule has 0 aliphatic rings. The average Bonchev–Trinajstić information content (AvgIpc) is 2.72. The number of unbranched alkanes of at least 4 members (excludes halogenated alkanes) is 1. The van der Waals surface area contributed by atoms with Crippen molar-refractivity contribution < 1.29 is 18.7 Å². The lowest BCUT2D eigenvalue weighted by Crippen LogP contribution is -2.25. The van der Waals surface area contributed by atoms with E-state index in [1.165, 1.54) is 13.2 Å². The molecular formula is C24H26FNO3. The van der Waals surface area contributed by atoms with Gasteiger partial charge >= 0.3 is 5.97 Å². The standard InChI is InChI=1S/C24H26FNO3/c1-24(2,23(27)28-3)14-8-9-15-29-22-16-19(17-10-4-6-12-20(17)25)18-11-5-7-13-21(18)26-22/h4-7,10-13,16H,8-9,14-15H2,1-3H3. The molecule has 3 aromatic rings. The summed E-state index contributed by atoms with van der Waals surface area (Å²) in [5.41, 5.74) is 1.54. The number of carbonyl (C=O) groups is 1. The van der Waals surface area contributed by atoms with Gasteiger partial charge in [-0.05, 0) is 50.8 Å². The highest BCUT2D eigenvalue weighted by Gasteiger charge is 2.27. The summed E-state index contributed by atoms with van der Waals surface area (Å²) in [7, 11) is 1.41. The summed E-state index contributed by atoms with van der Waals surface area (Å²) in [5.74, 6) is -0.0156. The monoisotopic (exact) mass is 395 g/mol. The average molecular weight is 395 g/mol. The van der Waals surface area contributed by atoms with Crippen LogP contribution in [0, 0.1) is 11.2 Å². The first-order chi connectivity index (χ1) is 13.9. The van der Waals surface area contributed by atoms with Gasteiger partial charge in [-0.2, -0.15) is 0 Å². The molecule has 0 spiro atoms. The third kappa shape index (κ3) is 4.91. The molecule has 0 bridgehead atoms. The van der Waals surface area contributed by atoms with Crippen molar-refractivity contribution in [1.29, 1.82) is 0 Å². The maximum atomic E-state index is 14.4. The maximum Gasteiger partial charge on any atom is 0.311 e. The normalized spacial score (nSPS) is 11.4. The lowest BCUT2D eigenvalue weighted by atomic mass is 9.87. The number of rotatable bonds is 8. The summed E-state index contributed by atoms with van der Waals surface area (Å²) in [6.45, 7) is 4.23. The van der Waals surface area contributed by atoms with Gasteiger partial charge in [0, 0.05) is 17.0 Å². The summed E-state index contributed by atoms with van der Waals surface area (Å²) >= 11 is 0. The van der Waals surface area contributed by atoms with Gasteiger partial charge in [-0.15, -0.1) is 0 Å². The van der Waals surface area contributed by atoms with Crippen LogP contribution < -0.4 is 4.74 Å². The van der Waals surface area contributed by atoms with Crippen LogP contribution in [0.15, 0.2) is 54.6 Å². The van der Waals surface area contributed by atoms with Crippen LogP contribution in [0.4, 0.5) is 4.39 Å². The number of para-hydroxylation sites is 1. The van der Waals surface area contributed by atoms with Crippen LogP contribution in [0.25, 0.3) is 22.0 Å². The predicted octanol–water partition coefficient (Wildman–Crippen LogP) is 5.79. The summed E-state index contributed by atoms with van der Waals surface area (Å²) in [4.78, 5) is 16.3. The molecule has 1 heterocycles. The second kappa shape index (κ2) is 9.03.